The van der Waals surface area contributed by atoms with Crippen LogP contribution in [0.2, 0.25) is 0 Å². The van der Waals surface area contributed by atoms with Gasteiger partial charge in [-0.1, -0.05) is 18.2 Å². The van der Waals surface area contributed by atoms with Crippen LogP contribution >= 0.6 is 0 Å². The zero-order valence-corrected chi connectivity index (χ0v) is 15.8. The standard InChI is InChI=1S/C20H24O8/c1-10-4-6-20(28-25)11(2)8-14(26-19(24)13(9-22)5-7-21)15-12(3)18(23)27-17(15)16(10)20/h4-5,8,14-17,21-22,25H,3,6-7,9H2,1-2H3/b13-5+/t14-,15-,16-,17+,20-/m1/s1. The van der Waals surface area contributed by atoms with Gasteiger partial charge in [-0.3, -0.25) is 5.26 Å². The predicted molar refractivity (Wildman–Crippen MR) is 96.7 cm³/mol. The molecule has 1 aliphatic heterocycles. The molecule has 0 unspecified atom stereocenters. The Balaban J connectivity index is 2.05. The Morgan fingerprint density at radius 2 is 2.14 bits per heavy atom. The summed E-state index contributed by atoms with van der Waals surface area (Å²) in [4.78, 5) is 29.6. The highest BCUT2D eigenvalue weighted by atomic mass is 17.1. The Morgan fingerprint density at radius 3 is 2.75 bits per heavy atom. The highest BCUT2D eigenvalue weighted by Gasteiger charge is 2.60. The highest BCUT2D eigenvalue weighted by Crippen LogP contribution is 2.53. The summed E-state index contributed by atoms with van der Waals surface area (Å²) < 4.78 is 11.1. The second kappa shape index (κ2) is 7.63. The second-order valence-corrected chi connectivity index (χ2v) is 7.32. The molecule has 8 nitrogen and oxygen atoms in total. The Hall–Kier alpha value is -2.26. The maximum absolute atomic E-state index is 12.5. The third kappa shape index (κ3) is 3.02. The van der Waals surface area contributed by atoms with Gasteiger partial charge in [0.15, 0.2) is 0 Å². The van der Waals surface area contributed by atoms with Crippen LogP contribution in [-0.2, 0) is 24.0 Å². The topological polar surface area (TPSA) is 123 Å². The molecule has 8 heteroatoms. The number of hydrogen-bond donors (Lipinski definition) is 3. The van der Waals surface area contributed by atoms with E-state index in [0.717, 1.165) is 11.6 Å². The molecule has 0 aromatic carbocycles. The van der Waals surface area contributed by atoms with Crippen molar-refractivity contribution in [2.24, 2.45) is 11.8 Å². The first-order valence-electron chi connectivity index (χ1n) is 9.00. The van der Waals surface area contributed by atoms with E-state index < -0.39 is 54.8 Å². The Morgan fingerprint density at radius 1 is 1.43 bits per heavy atom. The van der Waals surface area contributed by atoms with E-state index in [2.05, 4.69) is 6.58 Å². The molecule has 1 fully saturated rings. The minimum absolute atomic E-state index is 0.102. The first kappa shape index (κ1) is 20.5. The lowest BCUT2D eigenvalue weighted by molar-refractivity contribution is -0.323. The van der Waals surface area contributed by atoms with Gasteiger partial charge in [0.1, 0.15) is 17.8 Å². The number of ether oxygens (including phenoxy) is 2. The molecule has 3 N–H and O–H groups in total. The molecule has 3 aliphatic rings. The Labute approximate surface area is 162 Å². The number of carbonyl (C=O) groups is 2. The number of aliphatic hydroxyl groups excluding tert-OH is 2. The maximum atomic E-state index is 12.5. The molecule has 0 bridgehead atoms. The summed E-state index contributed by atoms with van der Waals surface area (Å²) in [6.45, 7) is 6.39. The van der Waals surface area contributed by atoms with Gasteiger partial charge in [0, 0.05) is 12.0 Å². The molecule has 2 aliphatic carbocycles. The molecule has 0 amide bonds. The lowest BCUT2D eigenvalue weighted by Crippen LogP contribution is -2.46. The van der Waals surface area contributed by atoms with Crippen LogP contribution < -0.4 is 0 Å². The summed E-state index contributed by atoms with van der Waals surface area (Å²) in [7, 11) is 0. The van der Waals surface area contributed by atoms with E-state index >= 15 is 0 Å². The molecule has 0 aromatic heterocycles. The molecule has 1 saturated heterocycles. The van der Waals surface area contributed by atoms with E-state index in [4.69, 9.17) is 19.5 Å². The molecular formula is C20H24O8. The van der Waals surface area contributed by atoms with Crippen molar-refractivity contribution in [3.8, 4) is 0 Å². The first-order chi connectivity index (χ1) is 13.3. The fourth-order valence-corrected chi connectivity index (χ4v) is 4.42. The number of rotatable bonds is 5. The summed E-state index contributed by atoms with van der Waals surface area (Å²) in [6.07, 6.45) is 3.41. The van der Waals surface area contributed by atoms with E-state index in [-0.39, 0.29) is 11.1 Å². The molecule has 3 rings (SSSR count). The number of carbonyl (C=O) groups excluding carboxylic acids is 2. The number of esters is 2. The average Bonchev–Trinajstić information content (AvgIpc) is 3.12. The zero-order chi connectivity index (χ0) is 20.6. The highest BCUT2D eigenvalue weighted by molar-refractivity contribution is 5.92. The number of hydrogen-bond acceptors (Lipinski definition) is 8. The van der Waals surface area contributed by atoms with Crippen LogP contribution in [0.4, 0.5) is 0 Å². The van der Waals surface area contributed by atoms with E-state index in [1.807, 2.05) is 13.0 Å². The molecular weight excluding hydrogens is 368 g/mol. The van der Waals surface area contributed by atoms with E-state index in [0.29, 0.717) is 12.0 Å². The molecule has 0 aromatic rings. The van der Waals surface area contributed by atoms with Crippen molar-refractivity contribution < 1.29 is 39.4 Å². The fraction of sp³-hybridized carbons (Fsp3) is 0.500. The van der Waals surface area contributed by atoms with Crippen molar-refractivity contribution in [3.05, 3.63) is 47.1 Å². The third-order valence-electron chi connectivity index (χ3n) is 5.92. The molecule has 0 spiro atoms. The van der Waals surface area contributed by atoms with Crippen LogP contribution in [0.15, 0.2) is 47.1 Å². The van der Waals surface area contributed by atoms with Crippen LogP contribution in [0.25, 0.3) is 0 Å². The Kier molecular flexibility index (Phi) is 5.58. The molecule has 0 saturated carbocycles. The zero-order valence-electron chi connectivity index (χ0n) is 15.8. The maximum Gasteiger partial charge on any atom is 0.336 e. The molecule has 5 atom stereocenters. The van der Waals surface area contributed by atoms with Crippen LogP contribution in [0, 0.1) is 11.8 Å². The van der Waals surface area contributed by atoms with Crippen LogP contribution in [0.5, 0.6) is 0 Å². The normalized spacial score (nSPS) is 34.8. The minimum atomic E-state index is -1.13. The van der Waals surface area contributed by atoms with E-state index in [9.17, 15) is 20.0 Å². The van der Waals surface area contributed by atoms with Gasteiger partial charge in [-0.05, 0) is 31.6 Å². The van der Waals surface area contributed by atoms with Gasteiger partial charge in [-0.25, -0.2) is 14.5 Å². The van der Waals surface area contributed by atoms with Crippen LogP contribution in [-0.4, -0.2) is 58.4 Å². The quantitative estimate of drug-likeness (QED) is 0.209. The average molecular weight is 392 g/mol. The van der Waals surface area contributed by atoms with Crippen molar-refractivity contribution in [1.29, 1.82) is 0 Å². The summed E-state index contributed by atoms with van der Waals surface area (Å²) in [5, 5.41) is 28.1. The van der Waals surface area contributed by atoms with Gasteiger partial charge in [0.2, 0.25) is 0 Å². The van der Waals surface area contributed by atoms with Crippen molar-refractivity contribution in [2.75, 3.05) is 13.2 Å². The fourth-order valence-electron chi connectivity index (χ4n) is 4.42. The van der Waals surface area contributed by atoms with E-state index in [1.165, 1.54) is 0 Å². The molecule has 152 valence electrons. The van der Waals surface area contributed by atoms with Gasteiger partial charge in [-0.15, -0.1) is 0 Å². The van der Waals surface area contributed by atoms with Crippen molar-refractivity contribution in [1.82, 2.24) is 0 Å². The second-order valence-electron chi connectivity index (χ2n) is 7.32. The number of fused-ring (bicyclic) bond motifs is 3. The van der Waals surface area contributed by atoms with Gasteiger partial charge in [-0.2, -0.15) is 0 Å². The minimum Gasteiger partial charge on any atom is -0.457 e. The van der Waals surface area contributed by atoms with Gasteiger partial charge in [0.05, 0.1) is 30.6 Å². The lowest BCUT2D eigenvalue weighted by Gasteiger charge is -2.36. The molecule has 28 heavy (non-hydrogen) atoms. The smallest absolute Gasteiger partial charge is 0.336 e. The SMILES string of the molecule is C=C1C(=O)O[C@H]2[C@H]1[C@H](OC(=O)/C(=C/CO)CO)C=C(C)[C@]1(OO)CC=C(C)[C@H]21. The number of aliphatic hydroxyl groups is 2. The summed E-state index contributed by atoms with van der Waals surface area (Å²) >= 11 is 0. The summed E-state index contributed by atoms with van der Waals surface area (Å²) in [5.41, 5.74) is 0.453. The predicted octanol–water partition coefficient (Wildman–Crippen LogP) is 1.06. The third-order valence-corrected chi connectivity index (χ3v) is 5.92. The van der Waals surface area contributed by atoms with Crippen LogP contribution in [0.3, 0.4) is 0 Å². The van der Waals surface area contributed by atoms with Gasteiger partial charge in [0.25, 0.3) is 0 Å². The van der Waals surface area contributed by atoms with Crippen molar-refractivity contribution >= 4 is 11.9 Å². The van der Waals surface area contributed by atoms with Gasteiger partial charge >= 0.3 is 11.9 Å². The van der Waals surface area contributed by atoms with Crippen molar-refractivity contribution in [2.45, 2.75) is 38.1 Å². The van der Waals surface area contributed by atoms with Crippen molar-refractivity contribution in [3.63, 3.8) is 0 Å². The largest absolute Gasteiger partial charge is 0.457 e. The summed E-state index contributed by atoms with van der Waals surface area (Å²) in [5.74, 6) is -2.56. The Bertz CT molecular complexity index is 792. The van der Waals surface area contributed by atoms with Gasteiger partial charge < -0.3 is 19.7 Å². The molecule has 1 heterocycles. The summed E-state index contributed by atoms with van der Waals surface area (Å²) in [6, 6.07) is 0. The lowest BCUT2D eigenvalue weighted by atomic mass is 9.76. The van der Waals surface area contributed by atoms with E-state index in [1.54, 1.807) is 13.0 Å². The first-order valence-corrected chi connectivity index (χ1v) is 9.00. The monoisotopic (exact) mass is 392 g/mol. The van der Waals surface area contributed by atoms with Crippen LogP contribution in [0.1, 0.15) is 20.3 Å². The molecule has 0 radical (unpaired) electrons.